The molecule has 1 heteroatoms. The molecule has 0 bridgehead atoms. The molecular formula is C17H27N. The number of hydrogen-bond acceptors (Lipinski definition) is 1. The molecule has 1 aliphatic carbocycles. The quantitative estimate of drug-likeness (QED) is 0.760. The summed E-state index contributed by atoms with van der Waals surface area (Å²) >= 11 is 0. The zero-order valence-electron chi connectivity index (χ0n) is 12.3. The average molecular weight is 245 g/mol. The maximum atomic E-state index is 3.84. The molecule has 1 aromatic rings. The molecule has 0 saturated heterocycles. The summed E-state index contributed by atoms with van der Waals surface area (Å²) in [5, 5.41) is 3.84. The first-order valence-corrected chi connectivity index (χ1v) is 7.49. The van der Waals surface area contributed by atoms with E-state index in [0.29, 0.717) is 17.9 Å². The molecule has 1 N–H and O–H groups in total. The molecule has 100 valence electrons. The van der Waals surface area contributed by atoms with E-state index in [-0.39, 0.29) is 0 Å². The van der Waals surface area contributed by atoms with E-state index in [1.54, 1.807) is 0 Å². The highest BCUT2D eigenvalue weighted by molar-refractivity contribution is 5.60. The summed E-state index contributed by atoms with van der Waals surface area (Å²) < 4.78 is 0. The second-order valence-electron chi connectivity index (χ2n) is 6.25. The number of anilines is 1. The summed E-state index contributed by atoms with van der Waals surface area (Å²) in [6.45, 7) is 9.16. The van der Waals surface area contributed by atoms with Gasteiger partial charge in [0, 0.05) is 11.7 Å². The first kappa shape index (κ1) is 13.5. The van der Waals surface area contributed by atoms with E-state index in [1.807, 2.05) is 0 Å². The molecule has 1 saturated carbocycles. The van der Waals surface area contributed by atoms with Gasteiger partial charge in [0.05, 0.1) is 0 Å². The summed E-state index contributed by atoms with van der Waals surface area (Å²) in [4.78, 5) is 0. The fraction of sp³-hybridized carbons (Fsp3) is 0.647. The van der Waals surface area contributed by atoms with Gasteiger partial charge in [0.15, 0.2) is 0 Å². The standard InChI is InChI=1S/C17H27N/c1-12(2)15-10-7-11-16(13(3)4)17(15)18-14-8-5-6-9-14/h7,10-14,18H,5-6,8-9H2,1-4H3. The minimum Gasteiger partial charge on any atom is -0.382 e. The Kier molecular flexibility index (Phi) is 4.31. The van der Waals surface area contributed by atoms with Crippen molar-refractivity contribution in [3.05, 3.63) is 29.3 Å². The van der Waals surface area contributed by atoms with E-state index >= 15 is 0 Å². The Morgan fingerprint density at radius 1 is 0.944 bits per heavy atom. The van der Waals surface area contributed by atoms with Crippen LogP contribution in [0.25, 0.3) is 0 Å². The van der Waals surface area contributed by atoms with Gasteiger partial charge in [-0.2, -0.15) is 0 Å². The summed E-state index contributed by atoms with van der Waals surface area (Å²) in [5.41, 5.74) is 4.38. The van der Waals surface area contributed by atoms with Gasteiger partial charge in [-0.1, -0.05) is 58.7 Å². The summed E-state index contributed by atoms with van der Waals surface area (Å²) in [5.74, 6) is 1.18. The van der Waals surface area contributed by atoms with Gasteiger partial charge in [-0.15, -0.1) is 0 Å². The lowest BCUT2D eigenvalue weighted by atomic mass is 9.92. The molecule has 1 aliphatic rings. The monoisotopic (exact) mass is 245 g/mol. The van der Waals surface area contributed by atoms with Crippen LogP contribution in [-0.4, -0.2) is 6.04 Å². The van der Waals surface area contributed by atoms with Gasteiger partial charge in [0.25, 0.3) is 0 Å². The Hall–Kier alpha value is -0.980. The van der Waals surface area contributed by atoms with Crippen molar-refractivity contribution in [2.75, 3.05) is 5.32 Å². The molecule has 0 heterocycles. The van der Waals surface area contributed by atoms with Crippen molar-refractivity contribution < 1.29 is 0 Å². The third kappa shape index (κ3) is 2.88. The van der Waals surface area contributed by atoms with Crippen LogP contribution in [0.2, 0.25) is 0 Å². The number of hydrogen-bond donors (Lipinski definition) is 1. The van der Waals surface area contributed by atoms with Crippen LogP contribution in [0.4, 0.5) is 5.69 Å². The molecule has 2 rings (SSSR count). The van der Waals surface area contributed by atoms with E-state index in [0.717, 1.165) is 0 Å². The highest BCUT2D eigenvalue weighted by Crippen LogP contribution is 2.34. The summed E-state index contributed by atoms with van der Waals surface area (Å²) in [6, 6.07) is 7.48. The Labute approximate surface area is 112 Å². The first-order chi connectivity index (χ1) is 8.59. The summed E-state index contributed by atoms with van der Waals surface area (Å²) in [7, 11) is 0. The zero-order chi connectivity index (χ0) is 13.1. The number of nitrogens with one attached hydrogen (secondary N) is 1. The fourth-order valence-electron chi connectivity index (χ4n) is 2.99. The van der Waals surface area contributed by atoms with Crippen LogP contribution >= 0.6 is 0 Å². The van der Waals surface area contributed by atoms with Gasteiger partial charge in [0.1, 0.15) is 0 Å². The summed E-state index contributed by atoms with van der Waals surface area (Å²) in [6.07, 6.45) is 5.45. The molecule has 0 aliphatic heterocycles. The zero-order valence-corrected chi connectivity index (χ0v) is 12.3. The lowest BCUT2D eigenvalue weighted by molar-refractivity contribution is 0.741. The molecule has 0 amide bonds. The fourth-order valence-corrected chi connectivity index (χ4v) is 2.99. The van der Waals surface area contributed by atoms with Gasteiger partial charge in [0.2, 0.25) is 0 Å². The molecule has 0 spiro atoms. The largest absolute Gasteiger partial charge is 0.382 e. The number of para-hydroxylation sites is 1. The van der Waals surface area contributed by atoms with Crippen LogP contribution in [0.15, 0.2) is 18.2 Å². The third-order valence-corrected chi connectivity index (χ3v) is 4.08. The van der Waals surface area contributed by atoms with Crippen molar-refractivity contribution in [1.29, 1.82) is 0 Å². The minimum atomic E-state index is 0.590. The van der Waals surface area contributed by atoms with E-state index < -0.39 is 0 Å². The van der Waals surface area contributed by atoms with Gasteiger partial charge < -0.3 is 5.32 Å². The normalized spacial score (nSPS) is 16.8. The van der Waals surface area contributed by atoms with E-state index in [4.69, 9.17) is 0 Å². The highest BCUT2D eigenvalue weighted by Gasteiger charge is 2.19. The van der Waals surface area contributed by atoms with Gasteiger partial charge in [-0.3, -0.25) is 0 Å². The first-order valence-electron chi connectivity index (χ1n) is 7.49. The molecule has 0 aromatic heterocycles. The van der Waals surface area contributed by atoms with Crippen LogP contribution in [0.1, 0.15) is 76.3 Å². The predicted octanol–water partition coefficient (Wildman–Crippen LogP) is 5.29. The van der Waals surface area contributed by atoms with Crippen LogP contribution in [-0.2, 0) is 0 Å². The van der Waals surface area contributed by atoms with Crippen molar-refractivity contribution in [3.63, 3.8) is 0 Å². The maximum absolute atomic E-state index is 3.84. The van der Waals surface area contributed by atoms with Crippen LogP contribution in [0.5, 0.6) is 0 Å². The van der Waals surface area contributed by atoms with Crippen LogP contribution in [0.3, 0.4) is 0 Å². The Morgan fingerprint density at radius 3 is 1.89 bits per heavy atom. The van der Waals surface area contributed by atoms with E-state index in [9.17, 15) is 0 Å². The van der Waals surface area contributed by atoms with Crippen molar-refractivity contribution >= 4 is 5.69 Å². The SMILES string of the molecule is CC(C)c1cccc(C(C)C)c1NC1CCCC1. The number of rotatable bonds is 4. The van der Waals surface area contributed by atoms with Crippen molar-refractivity contribution in [2.45, 2.75) is 71.3 Å². The molecule has 0 radical (unpaired) electrons. The van der Waals surface area contributed by atoms with E-state index in [2.05, 4.69) is 51.2 Å². The molecule has 1 fully saturated rings. The molecule has 0 unspecified atom stereocenters. The lowest BCUT2D eigenvalue weighted by Crippen LogP contribution is -2.18. The third-order valence-electron chi connectivity index (χ3n) is 4.08. The van der Waals surface area contributed by atoms with Crippen molar-refractivity contribution in [2.24, 2.45) is 0 Å². The molecule has 0 atom stereocenters. The second kappa shape index (κ2) is 5.77. The Bertz CT molecular complexity index is 360. The van der Waals surface area contributed by atoms with Crippen LogP contribution in [0, 0.1) is 0 Å². The molecule has 18 heavy (non-hydrogen) atoms. The highest BCUT2D eigenvalue weighted by atomic mass is 14.9. The van der Waals surface area contributed by atoms with Crippen molar-refractivity contribution in [3.8, 4) is 0 Å². The Balaban J connectivity index is 2.33. The topological polar surface area (TPSA) is 12.0 Å². The lowest BCUT2D eigenvalue weighted by Gasteiger charge is -2.24. The van der Waals surface area contributed by atoms with Crippen LogP contribution < -0.4 is 5.32 Å². The minimum absolute atomic E-state index is 0.590. The van der Waals surface area contributed by atoms with Gasteiger partial charge in [-0.05, 0) is 35.8 Å². The second-order valence-corrected chi connectivity index (χ2v) is 6.25. The Morgan fingerprint density at radius 2 is 1.44 bits per heavy atom. The van der Waals surface area contributed by atoms with Crippen molar-refractivity contribution in [1.82, 2.24) is 0 Å². The maximum Gasteiger partial charge on any atom is 0.0412 e. The predicted molar refractivity (Wildman–Crippen MR) is 80.5 cm³/mol. The van der Waals surface area contributed by atoms with Gasteiger partial charge in [-0.25, -0.2) is 0 Å². The average Bonchev–Trinajstić information content (AvgIpc) is 2.81. The number of benzene rings is 1. The van der Waals surface area contributed by atoms with Gasteiger partial charge >= 0.3 is 0 Å². The molecule has 1 nitrogen and oxygen atoms in total. The molecular weight excluding hydrogens is 218 g/mol. The molecule has 1 aromatic carbocycles. The smallest absolute Gasteiger partial charge is 0.0412 e. The van der Waals surface area contributed by atoms with E-state index in [1.165, 1.54) is 42.5 Å².